The van der Waals surface area contributed by atoms with E-state index in [2.05, 4.69) is 21.2 Å². The Morgan fingerprint density at radius 3 is 2.61 bits per heavy atom. The van der Waals surface area contributed by atoms with Crippen LogP contribution in [0.15, 0.2) is 77.3 Å². The van der Waals surface area contributed by atoms with Crippen LogP contribution in [0.2, 0.25) is 0 Å². The van der Waals surface area contributed by atoms with Gasteiger partial charge in [-0.1, -0.05) is 52.3 Å². The molecule has 0 atom stereocenters. The molecule has 0 aliphatic rings. The molecule has 0 unspecified atom stereocenters. The van der Waals surface area contributed by atoms with Gasteiger partial charge >= 0.3 is 0 Å². The van der Waals surface area contributed by atoms with Crippen molar-refractivity contribution < 1.29 is 9.18 Å². The Hall–Kier alpha value is -2.99. The number of benzene rings is 3. The van der Waals surface area contributed by atoms with Gasteiger partial charge in [-0.2, -0.15) is 0 Å². The van der Waals surface area contributed by atoms with Gasteiger partial charge in [0, 0.05) is 16.6 Å². The number of carbonyl (C=O) groups excluding carboxylic acids is 1. The van der Waals surface area contributed by atoms with Crippen LogP contribution in [-0.4, -0.2) is 15.5 Å². The molecule has 4 rings (SSSR count). The molecule has 1 aromatic heterocycles. The maximum Gasteiger partial charge on any atom is 0.240 e. The molecule has 0 fully saturated rings. The molecule has 0 radical (unpaired) electrons. The summed E-state index contributed by atoms with van der Waals surface area (Å²) in [5.41, 5.74) is 3.51. The average Bonchev–Trinajstić information content (AvgIpc) is 3.06. The Kier molecular flexibility index (Phi) is 5.21. The summed E-state index contributed by atoms with van der Waals surface area (Å²) in [4.78, 5) is 17.3. The molecular weight excluding hydrogens is 421 g/mol. The highest BCUT2D eigenvalue weighted by molar-refractivity contribution is 9.10. The number of hydrogen-bond acceptors (Lipinski definition) is 2. The number of fused-ring (bicyclic) bond motifs is 1. The first-order valence-electron chi connectivity index (χ1n) is 8.82. The number of aromatic nitrogens is 2. The Morgan fingerprint density at radius 1 is 1.04 bits per heavy atom. The molecule has 28 heavy (non-hydrogen) atoms. The molecule has 1 N–H and O–H groups in total. The van der Waals surface area contributed by atoms with E-state index in [1.165, 1.54) is 12.1 Å². The smallest absolute Gasteiger partial charge is 0.240 e. The molecule has 6 heteroatoms. The van der Waals surface area contributed by atoms with Crippen molar-refractivity contribution in [1.29, 1.82) is 0 Å². The molecule has 0 aliphatic heterocycles. The zero-order valence-electron chi connectivity index (χ0n) is 14.9. The number of nitrogens with zero attached hydrogens (tertiary/aromatic N) is 2. The molecule has 140 valence electrons. The number of amides is 1. The lowest BCUT2D eigenvalue weighted by Gasteiger charge is -2.11. The topological polar surface area (TPSA) is 46.9 Å². The Morgan fingerprint density at radius 2 is 1.82 bits per heavy atom. The first kappa shape index (κ1) is 18.4. The summed E-state index contributed by atoms with van der Waals surface area (Å²) in [6.07, 6.45) is 0. The average molecular weight is 438 g/mol. The lowest BCUT2D eigenvalue weighted by molar-refractivity contribution is -0.121. The van der Waals surface area contributed by atoms with Crippen molar-refractivity contribution >= 4 is 32.9 Å². The zero-order valence-corrected chi connectivity index (χ0v) is 16.5. The van der Waals surface area contributed by atoms with Crippen molar-refractivity contribution in [3.8, 4) is 11.4 Å². The van der Waals surface area contributed by atoms with E-state index >= 15 is 0 Å². The fraction of sp³-hybridized carbons (Fsp3) is 0.0909. The number of carbonyl (C=O) groups is 1. The second kappa shape index (κ2) is 7.94. The highest BCUT2D eigenvalue weighted by atomic mass is 79.9. The number of rotatable bonds is 5. The predicted octanol–water partition coefficient (Wildman–Crippen LogP) is 4.92. The zero-order chi connectivity index (χ0) is 19.5. The van der Waals surface area contributed by atoms with Crippen LogP contribution in [-0.2, 0) is 17.9 Å². The second-order valence-electron chi connectivity index (χ2n) is 6.42. The van der Waals surface area contributed by atoms with Gasteiger partial charge < -0.3 is 9.88 Å². The summed E-state index contributed by atoms with van der Waals surface area (Å²) >= 11 is 3.49. The third-order valence-corrected chi connectivity index (χ3v) is 4.94. The highest BCUT2D eigenvalue weighted by Gasteiger charge is 2.15. The van der Waals surface area contributed by atoms with Crippen molar-refractivity contribution in [3.63, 3.8) is 0 Å². The summed E-state index contributed by atoms with van der Waals surface area (Å²) < 4.78 is 15.9. The second-order valence-corrected chi connectivity index (χ2v) is 7.34. The molecule has 3 aromatic carbocycles. The van der Waals surface area contributed by atoms with Crippen molar-refractivity contribution in [2.75, 3.05) is 0 Å². The van der Waals surface area contributed by atoms with Crippen molar-refractivity contribution in [3.05, 3.63) is 88.6 Å². The molecule has 0 spiro atoms. The summed E-state index contributed by atoms with van der Waals surface area (Å²) in [5, 5.41) is 2.89. The lowest BCUT2D eigenvalue weighted by atomic mass is 10.2. The standard InChI is InChI=1S/C22H17BrFN3O/c23-17-5-3-4-16(12-17)22-26-19-6-1-2-7-20(19)27(22)14-21(28)25-13-15-8-10-18(24)11-9-15/h1-12H,13-14H2,(H,25,28). The summed E-state index contributed by atoms with van der Waals surface area (Å²) in [7, 11) is 0. The first-order valence-corrected chi connectivity index (χ1v) is 9.62. The molecule has 0 aliphatic carbocycles. The van der Waals surface area contributed by atoms with Crippen LogP contribution in [0.25, 0.3) is 22.4 Å². The first-order chi connectivity index (χ1) is 13.6. The van der Waals surface area contributed by atoms with Crippen LogP contribution in [0.3, 0.4) is 0 Å². The largest absolute Gasteiger partial charge is 0.350 e. The van der Waals surface area contributed by atoms with Gasteiger partial charge in [0.2, 0.25) is 5.91 Å². The molecule has 0 bridgehead atoms. The third kappa shape index (κ3) is 3.97. The number of nitrogens with one attached hydrogen (secondary N) is 1. The Labute approximate surface area is 170 Å². The van der Waals surface area contributed by atoms with E-state index in [1.807, 2.05) is 53.1 Å². The number of halogens is 2. The number of hydrogen-bond donors (Lipinski definition) is 1. The van der Waals surface area contributed by atoms with E-state index in [9.17, 15) is 9.18 Å². The quantitative estimate of drug-likeness (QED) is 0.481. The number of imidazole rings is 1. The Balaban J connectivity index is 1.61. The van der Waals surface area contributed by atoms with Crippen LogP contribution in [0, 0.1) is 5.82 Å². The van der Waals surface area contributed by atoms with Gasteiger partial charge in [-0.3, -0.25) is 4.79 Å². The van der Waals surface area contributed by atoms with Gasteiger partial charge in [-0.05, 0) is 42.0 Å². The van der Waals surface area contributed by atoms with Gasteiger partial charge in [-0.25, -0.2) is 9.37 Å². The Bertz CT molecular complexity index is 1140. The van der Waals surface area contributed by atoms with Crippen molar-refractivity contribution in [1.82, 2.24) is 14.9 Å². The molecule has 1 amide bonds. The van der Waals surface area contributed by atoms with E-state index in [4.69, 9.17) is 4.98 Å². The molecular formula is C22H17BrFN3O. The van der Waals surface area contributed by atoms with Crippen molar-refractivity contribution in [2.45, 2.75) is 13.1 Å². The highest BCUT2D eigenvalue weighted by Crippen LogP contribution is 2.26. The van der Waals surface area contributed by atoms with Crippen LogP contribution < -0.4 is 5.32 Å². The lowest BCUT2D eigenvalue weighted by Crippen LogP contribution is -2.27. The van der Waals surface area contributed by atoms with E-state index in [0.29, 0.717) is 6.54 Å². The third-order valence-electron chi connectivity index (χ3n) is 4.44. The van der Waals surface area contributed by atoms with Gasteiger partial charge in [0.15, 0.2) is 0 Å². The van der Waals surface area contributed by atoms with Gasteiger partial charge in [0.25, 0.3) is 0 Å². The maximum atomic E-state index is 13.0. The van der Waals surface area contributed by atoms with E-state index in [1.54, 1.807) is 12.1 Å². The van der Waals surface area contributed by atoms with Gasteiger partial charge in [0.1, 0.15) is 18.2 Å². The molecule has 1 heterocycles. The summed E-state index contributed by atoms with van der Waals surface area (Å²) in [6, 6.07) is 21.7. The fourth-order valence-electron chi connectivity index (χ4n) is 3.09. The maximum absolute atomic E-state index is 13.0. The number of para-hydroxylation sites is 2. The molecule has 4 nitrogen and oxygen atoms in total. The monoisotopic (exact) mass is 437 g/mol. The van der Waals surface area contributed by atoms with Crippen LogP contribution in [0.1, 0.15) is 5.56 Å². The minimum absolute atomic E-state index is 0.135. The molecule has 0 saturated heterocycles. The summed E-state index contributed by atoms with van der Waals surface area (Å²) in [5.74, 6) is 0.307. The van der Waals surface area contributed by atoms with Gasteiger partial charge in [-0.15, -0.1) is 0 Å². The minimum Gasteiger partial charge on any atom is -0.350 e. The molecule has 4 aromatic rings. The molecule has 0 saturated carbocycles. The van der Waals surface area contributed by atoms with Crippen LogP contribution in [0.4, 0.5) is 4.39 Å². The fourth-order valence-corrected chi connectivity index (χ4v) is 3.49. The van der Waals surface area contributed by atoms with E-state index < -0.39 is 0 Å². The normalized spacial score (nSPS) is 10.9. The SMILES string of the molecule is O=C(Cn1c(-c2cccc(Br)c2)nc2ccccc21)NCc1ccc(F)cc1. The minimum atomic E-state index is -0.293. The van der Waals surface area contributed by atoms with Crippen molar-refractivity contribution in [2.24, 2.45) is 0 Å². The van der Waals surface area contributed by atoms with Gasteiger partial charge in [0.05, 0.1) is 11.0 Å². The predicted molar refractivity (Wildman–Crippen MR) is 111 cm³/mol. The van der Waals surface area contributed by atoms with E-state index in [-0.39, 0.29) is 18.3 Å². The van der Waals surface area contributed by atoms with Crippen LogP contribution in [0.5, 0.6) is 0 Å². The van der Waals surface area contributed by atoms with Crippen LogP contribution >= 0.6 is 15.9 Å². The summed E-state index contributed by atoms with van der Waals surface area (Å²) in [6.45, 7) is 0.488. The van der Waals surface area contributed by atoms with E-state index in [0.717, 1.165) is 32.5 Å².